The molecule has 2 heterocycles. The van der Waals surface area contributed by atoms with Crippen LogP contribution in [0.4, 0.5) is 0 Å². The molecule has 6 heteroatoms. The van der Waals surface area contributed by atoms with Gasteiger partial charge in [-0.15, -0.1) is 11.3 Å². The number of thiophene rings is 1. The first-order chi connectivity index (χ1) is 8.09. The van der Waals surface area contributed by atoms with Crippen LogP contribution >= 0.6 is 27.3 Å². The number of halogens is 1. The van der Waals surface area contributed by atoms with Crippen LogP contribution in [-0.2, 0) is 4.79 Å². The highest BCUT2D eigenvalue weighted by molar-refractivity contribution is 9.10. The lowest BCUT2D eigenvalue weighted by Gasteiger charge is -2.35. The van der Waals surface area contributed by atoms with Crippen molar-refractivity contribution in [2.24, 2.45) is 0 Å². The van der Waals surface area contributed by atoms with Crippen molar-refractivity contribution < 1.29 is 9.90 Å². The molecule has 1 aromatic rings. The van der Waals surface area contributed by atoms with Crippen LogP contribution < -0.4 is 0 Å². The molecule has 0 aliphatic carbocycles. The van der Waals surface area contributed by atoms with Gasteiger partial charge in [-0.05, 0) is 34.4 Å². The zero-order chi connectivity index (χ0) is 12.4. The number of hydrogen-bond donors (Lipinski definition) is 1. The lowest BCUT2D eigenvalue weighted by molar-refractivity contribution is -0.144. The third-order valence-electron chi connectivity index (χ3n) is 3.03. The Bertz CT molecular complexity index is 402. The number of nitrogens with zero attached hydrogens (tertiary/aromatic N) is 2. The number of likely N-dealkylation sites (N-methyl/N-ethyl adjacent to an activating group) is 1. The Balaban J connectivity index is 2.19. The van der Waals surface area contributed by atoms with Crippen molar-refractivity contribution in [3.63, 3.8) is 0 Å². The van der Waals surface area contributed by atoms with Gasteiger partial charge in [0.25, 0.3) is 0 Å². The van der Waals surface area contributed by atoms with Crippen molar-refractivity contribution >= 4 is 33.2 Å². The second kappa shape index (κ2) is 5.48. The van der Waals surface area contributed by atoms with E-state index in [1.165, 1.54) is 11.3 Å². The Morgan fingerprint density at radius 2 is 2.12 bits per heavy atom. The molecule has 1 unspecified atom stereocenters. The fourth-order valence-corrected chi connectivity index (χ4v) is 3.73. The molecule has 1 N–H and O–H groups in total. The number of carboxylic acids is 1. The molecule has 2 rings (SSSR count). The molecule has 17 heavy (non-hydrogen) atoms. The largest absolute Gasteiger partial charge is 0.480 e. The van der Waals surface area contributed by atoms with E-state index in [0.717, 1.165) is 35.5 Å². The highest BCUT2D eigenvalue weighted by Crippen LogP contribution is 2.33. The molecule has 0 amide bonds. The standard InChI is InChI=1S/C11H15BrN2O2S/c1-13-3-5-14(6-4-13)9(11(15)16)10-8(12)2-7-17-10/h2,7,9H,3-6H2,1H3,(H,15,16). The van der Waals surface area contributed by atoms with E-state index < -0.39 is 12.0 Å². The summed E-state index contributed by atoms with van der Waals surface area (Å²) in [5, 5.41) is 11.3. The first-order valence-corrected chi connectivity index (χ1v) is 7.15. The normalized spacial score (nSPS) is 20.4. The minimum Gasteiger partial charge on any atom is -0.480 e. The van der Waals surface area contributed by atoms with Crippen LogP contribution in [0.1, 0.15) is 10.9 Å². The van der Waals surface area contributed by atoms with E-state index in [-0.39, 0.29) is 0 Å². The molecule has 1 saturated heterocycles. The quantitative estimate of drug-likeness (QED) is 0.924. The number of piperazine rings is 1. The number of rotatable bonds is 3. The zero-order valence-corrected chi connectivity index (χ0v) is 12.0. The summed E-state index contributed by atoms with van der Waals surface area (Å²) in [6.45, 7) is 3.45. The second-order valence-corrected chi connectivity index (χ2v) is 6.01. The lowest BCUT2D eigenvalue weighted by atomic mass is 10.2. The van der Waals surface area contributed by atoms with Crippen LogP contribution in [-0.4, -0.2) is 54.1 Å². The van der Waals surface area contributed by atoms with E-state index in [2.05, 4.69) is 27.9 Å². The van der Waals surface area contributed by atoms with E-state index >= 15 is 0 Å². The van der Waals surface area contributed by atoms with Gasteiger partial charge in [-0.25, -0.2) is 0 Å². The van der Waals surface area contributed by atoms with E-state index in [9.17, 15) is 9.90 Å². The Hall–Kier alpha value is -0.430. The van der Waals surface area contributed by atoms with Crippen molar-refractivity contribution in [3.05, 3.63) is 20.8 Å². The predicted octanol–water partition coefficient (Wildman–Crippen LogP) is 1.88. The molecule has 0 saturated carbocycles. The Labute approximate surface area is 113 Å². The van der Waals surface area contributed by atoms with Gasteiger partial charge in [-0.2, -0.15) is 0 Å². The number of aliphatic carboxylic acids is 1. The summed E-state index contributed by atoms with van der Waals surface area (Å²) in [5.74, 6) is -0.766. The van der Waals surface area contributed by atoms with E-state index in [0.29, 0.717) is 0 Å². The Morgan fingerprint density at radius 3 is 2.59 bits per heavy atom. The average molecular weight is 319 g/mol. The minimum atomic E-state index is -0.766. The molecule has 4 nitrogen and oxygen atoms in total. The highest BCUT2D eigenvalue weighted by Gasteiger charge is 2.31. The summed E-state index contributed by atoms with van der Waals surface area (Å²) in [6, 6.07) is 1.39. The van der Waals surface area contributed by atoms with Crippen LogP contribution in [0.3, 0.4) is 0 Å². The molecule has 0 spiro atoms. The summed E-state index contributed by atoms with van der Waals surface area (Å²) in [4.78, 5) is 16.6. The van der Waals surface area contributed by atoms with Gasteiger partial charge in [0.05, 0.1) is 0 Å². The van der Waals surface area contributed by atoms with Crippen LogP contribution in [0.5, 0.6) is 0 Å². The van der Waals surface area contributed by atoms with Crippen molar-refractivity contribution in [1.82, 2.24) is 9.80 Å². The minimum absolute atomic E-state index is 0.516. The molecule has 1 aromatic heterocycles. The van der Waals surface area contributed by atoms with Gasteiger partial charge < -0.3 is 10.0 Å². The van der Waals surface area contributed by atoms with Crippen LogP contribution in [0, 0.1) is 0 Å². The lowest BCUT2D eigenvalue weighted by Crippen LogP contribution is -2.47. The summed E-state index contributed by atoms with van der Waals surface area (Å²) in [7, 11) is 2.06. The molecule has 1 atom stereocenters. The fourth-order valence-electron chi connectivity index (χ4n) is 2.01. The molecule has 1 aliphatic rings. The molecular formula is C11H15BrN2O2S. The molecule has 94 valence electrons. The van der Waals surface area contributed by atoms with Crippen molar-refractivity contribution in [2.75, 3.05) is 33.2 Å². The van der Waals surface area contributed by atoms with Gasteiger partial charge >= 0.3 is 5.97 Å². The highest BCUT2D eigenvalue weighted by atomic mass is 79.9. The van der Waals surface area contributed by atoms with Crippen molar-refractivity contribution in [2.45, 2.75) is 6.04 Å². The average Bonchev–Trinajstić information content (AvgIpc) is 2.68. The zero-order valence-electron chi connectivity index (χ0n) is 9.60. The summed E-state index contributed by atoms with van der Waals surface area (Å²) in [5.41, 5.74) is 0. The van der Waals surface area contributed by atoms with E-state index in [1.54, 1.807) is 0 Å². The first kappa shape index (κ1) is 13.0. The predicted molar refractivity (Wildman–Crippen MR) is 71.5 cm³/mol. The summed E-state index contributed by atoms with van der Waals surface area (Å²) < 4.78 is 0.897. The molecule has 0 bridgehead atoms. The van der Waals surface area contributed by atoms with Gasteiger partial charge in [-0.3, -0.25) is 9.69 Å². The van der Waals surface area contributed by atoms with E-state index in [1.807, 2.05) is 16.3 Å². The van der Waals surface area contributed by atoms with Crippen molar-refractivity contribution in [3.8, 4) is 0 Å². The monoisotopic (exact) mass is 318 g/mol. The molecule has 1 fully saturated rings. The molecular weight excluding hydrogens is 304 g/mol. The third-order valence-corrected chi connectivity index (χ3v) is 4.95. The molecule has 0 radical (unpaired) electrons. The smallest absolute Gasteiger partial charge is 0.326 e. The number of hydrogen-bond acceptors (Lipinski definition) is 4. The van der Waals surface area contributed by atoms with Gasteiger partial charge in [-0.1, -0.05) is 0 Å². The fraction of sp³-hybridized carbons (Fsp3) is 0.545. The van der Waals surface area contributed by atoms with E-state index in [4.69, 9.17) is 0 Å². The maximum absolute atomic E-state index is 11.5. The number of carboxylic acid groups (broad SMARTS) is 1. The summed E-state index contributed by atoms with van der Waals surface area (Å²) >= 11 is 4.92. The maximum atomic E-state index is 11.5. The van der Waals surface area contributed by atoms with Gasteiger partial charge in [0.2, 0.25) is 0 Å². The first-order valence-electron chi connectivity index (χ1n) is 5.48. The van der Waals surface area contributed by atoms with Crippen LogP contribution in [0.25, 0.3) is 0 Å². The Kier molecular flexibility index (Phi) is 4.19. The molecule has 1 aliphatic heterocycles. The third kappa shape index (κ3) is 2.88. The van der Waals surface area contributed by atoms with Crippen LogP contribution in [0.15, 0.2) is 15.9 Å². The van der Waals surface area contributed by atoms with Gasteiger partial charge in [0.15, 0.2) is 0 Å². The number of carbonyl (C=O) groups is 1. The molecule has 0 aromatic carbocycles. The topological polar surface area (TPSA) is 43.8 Å². The SMILES string of the molecule is CN1CCN(C(C(=O)O)c2sccc2Br)CC1. The summed E-state index contributed by atoms with van der Waals surface area (Å²) in [6.07, 6.45) is 0. The van der Waals surface area contributed by atoms with Crippen LogP contribution in [0.2, 0.25) is 0 Å². The van der Waals surface area contributed by atoms with Crippen molar-refractivity contribution in [1.29, 1.82) is 0 Å². The second-order valence-electron chi connectivity index (χ2n) is 4.21. The van der Waals surface area contributed by atoms with Gasteiger partial charge in [0, 0.05) is 35.5 Å². The maximum Gasteiger partial charge on any atom is 0.326 e. The Morgan fingerprint density at radius 1 is 1.47 bits per heavy atom. The van der Waals surface area contributed by atoms with Gasteiger partial charge in [0.1, 0.15) is 6.04 Å².